The number of hydrogen-bond donors (Lipinski definition) is 3. The van der Waals surface area contributed by atoms with Crippen LogP contribution in [0.5, 0.6) is 0 Å². The van der Waals surface area contributed by atoms with Crippen LogP contribution in [0.15, 0.2) is 309 Å². The largest absolute Gasteiger partial charge is 1.00 e. The van der Waals surface area contributed by atoms with Crippen LogP contribution >= 0.6 is 52.3 Å². The molecule has 3 N–H and O–H groups in total. The molecule has 2 aliphatic rings. The van der Waals surface area contributed by atoms with Gasteiger partial charge >= 0.3 is 20.3 Å². The van der Waals surface area contributed by atoms with Gasteiger partial charge in [0, 0.05) is 123 Å². The van der Waals surface area contributed by atoms with E-state index >= 15 is 0 Å². The number of unbranched alkanes of at least 4 members (excludes halogenated alkanes) is 1. The van der Waals surface area contributed by atoms with E-state index in [4.69, 9.17) is 46.4 Å². The van der Waals surface area contributed by atoms with Gasteiger partial charge in [0.15, 0.2) is 12.6 Å². The van der Waals surface area contributed by atoms with Crippen LogP contribution < -0.4 is 29.5 Å². The molecule has 790 valence electrons. The number of epoxide rings is 2. The van der Waals surface area contributed by atoms with Crippen LogP contribution in [0.3, 0.4) is 0 Å². The minimum atomic E-state index is -0.412. The predicted molar refractivity (Wildman–Crippen MR) is 639 cm³/mol. The van der Waals surface area contributed by atoms with Gasteiger partial charge in [0.05, 0.1) is 49.3 Å². The van der Waals surface area contributed by atoms with Gasteiger partial charge in [-0.15, -0.1) is 54.7 Å². The maximum Gasteiger partial charge on any atom is 1.00 e. The molecule has 0 aromatic heterocycles. The average molecular weight is 2120 g/mol. The minimum absolute atomic E-state index is 0. The molecule has 3 atom stereocenters. The molecular formula is C128H167BrCl3LiN7O8+. The molecule has 15 nitrogen and oxygen atoms in total. The van der Waals surface area contributed by atoms with Gasteiger partial charge < -0.3 is 55.9 Å². The van der Waals surface area contributed by atoms with E-state index in [1.165, 1.54) is 121 Å². The van der Waals surface area contributed by atoms with Gasteiger partial charge in [0.1, 0.15) is 6.29 Å². The van der Waals surface area contributed by atoms with Crippen molar-refractivity contribution >= 4 is 134 Å². The van der Waals surface area contributed by atoms with E-state index in [2.05, 4.69) is 443 Å². The number of aliphatic hydroxyl groups is 1. The standard InChI is InChI=1S/C21H27NO.C21H25N.C16H21NO2.C15H17NO.C14H15NO.2C12H13N.C6H10.C4H9BrO2.C4H9.C3H5ClO.2ClH.Li/c1-21(2,3)14-8-12-19(23)16-22(4)15-18-11-7-10-17-9-5-6-13-20(17)18;1-21(2,3)15-8-5-9-16-22(4)17-19-13-10-12-18-11-6-7-14-20(18)19;1-17(12-16(18-2)19-3)11-14-9-6-8-13-7-4-5-10-15(13)14;1-16(10-14-11-17-14)9-13-7-4-6-12-5-2-3-8-15(12)13;1-15(9-10-16)11-13-7-4-6-12-5-2-3-8-14(12)13;2*1-13-9-11-7-4-6-10-5-2-3-8-12(10)11;1-5-6(2,3)4;1-6-4(3-5)7-2;1-3-4-2;4-1-3-2-5-3;;;/h5-7,9-11,13,19,23H,12,15-16H2,1-4H3;5-7,9-14H,16-17H2,1-4H3;4-10,16H,11-12H2,1-3H3;2-8,14H,9-11H2,1H3;2-8,10H,9,11H2,1H3;2*2-8,13H,9H2,1H3;1H,2-4H3;4H,3H2,1-2H3;1,3-4H2,2H3;3H,1-2H2;2*1H;/q;;;;;;;;;-1;;;;+1/p+1/b;9-5+;;;;;;;;;;;;. The molecule has 20 heteroatoms. The van der Waals surface area contributed by atoms with Crippen molar-refractivity contribution in [2.24, 2.45) is 16.2 Å². The third kappa shape index (κ3) is 53.4. The first kappa shape index (κ1) is 133. The van der Waals surface area contributed by atoms with E-state index < -0.39 is 6.10 Å². The molecule has 16 rings (SSSR count). The number of carbonyl (C=O) groups is 1. The zero-order valence-corrected chi connectivity index (χ0v) is 96.2. The summed E-state index contributed by atoms with van der Waals surface area (Å²) in [6, 6.07) is 104. The zero-order valence-electron chi connectivity index (χ0n) is 93.2. The summed E-state index contributed by atoms with van der Waals surface area (Å²) in [7, 11) is 20.9. The number of fused-ring (bicyclic) bond motifs is 7. The van der Waals surface area contributed by atoms with Crippen LogP contribution in [-0.2, 0) is 79.0 Å². The van der Waals surface area contributed by atoms with E-state index in [9.17, 15) is 9.90 Å². The fraction of sp³-hybridized carbons (Fsp3) is 0.375. The fourth-order valence-electron chi connectivity index (χ4n) is 15.1. The summed E-state index contributed by atoms with van der Waals surface area (Å²) in [5.41, 5.74) is 9.50. The van der Waals surface area contributed by atoms with Crippen LogP contribution in [0.2, 0.25) is 0 Å². The summed E-state index contributed by atoms with van der Waals surface area (Å²) in [4.78, 5) is 21.4. The Labute approximate surface area is 928 Å². The van der Waals surface area contributed by atoms with Gasteiger partial charge in [-0.1, -0.05) is 350 Å². The Hall–Kier alpha value is -9.62. The molecule has 2 heterocycles. The number of aliphatic hydroxyl groups excluding tert-OH is 1. The Morgan fingerprint density at radius 3 is 0.959 bits per heavy atom. The van der Waals surface area contributed by atoms with E-state index in [0.717, 1.165) is 96.7 Å². The molecule has 2 saturated heterocycles. The van der Waals surface area contributed by atoms with E-state index in [1.807, 2.05) is 72.1 Å². The monoisotopic (exact) mass is 2120 g/mol. The number of halogens is 4. The number of nitrogens with zero attached hydrogens (tertiary/aromatic N) is 5. The van der Waals surface area contributed by atoms with Crippen molar-refractivity contribution in [3.05, 3.63) is 355 Å². The number of terminal acetylenes is 1. The number of allylic oxidation sites excluding steroid dienone is 1. The zero-order chi connectivity index (χ0) is 106. The molecule has 2 fully saturated rings. The quantitative estimate of drug-likeness (QED) is 0.00700. The number of nitrogens with one attached hydrogen (secondary N) is 2. The SMILES string of the molecule is C#CC(C)(C)C.CN(C/C=C/C#CC(C)(C)C)Cc1cccc2ccccc12.CN(CC=O)Cc1cccc2ccccc12.CN(Cc1cccc2ccccc12)CC(O)CC#CC(C)(C)C.CN(Cc1cccc2ccccc12)CC1CO1.CNCc1cccc2ccccc12.CNCc1cccc2ccccc12.COC(CBr)OC.COC(CN(C)Cc1cccc2ccccc12)OC.Cl.Cl.ClCC1CO1.[CH2-]CCC.[H+].[Li+]. The Kier molecular flexibility index (Phi) is 66.6. The Morgan fingerprint density at radius 1 is 0.439 bits per heavy atom. The number of carbonyl (C=O) groups excluding carboxylic acids is 1. The van der Waals surface area contributed by atoms with Crippen LogP contribution in [-0.4, -0.2) is 202 Å². The van der Waals surface area contributed by atoms with Gasteiger partial charge in [-0.3, -0.25) is 24.5 Å². The number of methoxy groups -OCH3 is 4. The Morgan fingerprint density at radius 2 is 0.709 bits per heavy atom. The fourth-order valence-corrected chi connectivity index (χ4v) is 15.8. The maximum absolute atomic E-state index is 10.4. The summed E-state index contributed by atoms with van der Waals surface area (Å²) in [6.45, 7) is 36.3. The molecule has 0 spiro atoms. The third-order valence-electron chi connectivity index (χ3n) is 22.8. The summed E-state index contributed by atoms with van der Waals surface area (Å²) < 4.78 is 30.0. The van der Waals surface area contributed by atoms with Crippen molar-refractivity contribution in [2.45, 2.75) is 165 Å². The summed E-state index contributed by atoms with van der Waals surface area (Å²) >= 11 is 8.46. The first-order valence-corrected chi connectivity index (χ1v) is 51.9. The number of rotatable bonds is 32. The smallest absolute Gasteiger partial charge is 0.391 e. The first-order chi connectivity index (χ1) is 69.8. The molecule has 0 saturated carbocycles. The second-order valence-electron chi connectivity index (χ2n) is 39.3. The van der Waals surface area contributed by atoms with Gasteiger partial charge in [0.25, 0.3) is 0 Å². The van der Waals surface area contributed by atoms with Crippen molar-refractivity contribution in [3.63, 3.8) is 0 Å². The number of benzene rings is 14. The molecule has 14 aromatic rings. The summed E-state index contributed by atoms with van der Waals surface area (Å²) in [5, 5.41) is 35.5. The first-order valence-electron chi connectivity index (χ1n) is 50.3. The number of ether oxygens (including phenoxy) is 6. The number of hydrogen-bond acceptors (Lipinski definition) is 15. The molecule has 0 bridgehead atoms. The minimum Gasteiger partial charge on any atom is -0.391 e. The molecule has 14 aromatic carbocycles. The van der Waals surface area contributed by atoms with Crippen molar-refractivity contribution in [1.29, 1.82) is 0 Å². The third-order valence-corrected chi connectivity index (χ3v) is 23.7. The van der Waals surface area contributed by atoms with Gasteiger partial charge in [-0.05, 0) is 232 Å². The number of alkyl halides is 2. The number of likely N-dealkylation sites (N-methyl/N-ethyl adjacent to an activating group) is 5. The van der Waals surface area contributed by atoms with E-state index in [1.54, 1.807) is 28.4 Å². The van der Waals surface area contributed by atoms with Crippen molar-refractivity contribution in [2.75, 3.05) is 135 Å². The molecule has 3 unspecified atom stereocenters. The normalized spacial score (nSPS) is 12.7. The Bertz CT molecular complexity index is 6150. The van der Waals surface area contributed by atoms with E-state index in [0.29, 0.717) is 37.6 Å². The number of aldehydes is 1. The van der Waals surface area contributed by atoms with Crippen molar-refractivity contribution in [3.8, 4) is 36.0 Å². The van der Waals surface area contributed by atoms with Crippen LogP contribution in [0, 0.1) is 59.2 Å². The molecule has 0 amide bonds. The average Bonchev–Trinajstić information content (AvgIpc) is 1.80. The topological polar surface area (TPSA) is 140 Å². The van der Waals surface area contributed by atoms with Gasteiger partial charge in [0.2, 0.25) is 0 Å². The molecule has 148 heavy (non-hydrogen) atoms. The molecule has 0 aliphatic carbocycles. The van der Waals surface area contributed by atoms with Crippen LogP contribution in [0.25, 0.3) is 75.4 Å². The van der Waals surface area contributed by atoms with Crippen molar-refractivity contribution < 1.29 is 58.6 Å². The molecule has 0 radical (unpaired) electrons. The van der Waals surface area contributed by atoms with Crippen LogP contribution in [0.1, 0.15) is 129 Å². The second kappa shape index (κ2) is 74.4. The van der Waals surface area contributed by atoms with Crippen molar-refractivity contribution in [1.82, 2.24) is 35.1 Å². The summed E-state index contributed by atoms with van der Waals surface area (Å²) in [5.74, 6) is 15.9. The predicted octanol–water partition coefficient (Wildman–Crippen LogP) is 25.0. The second-order valence-corrected chi connectivity index (χ2v) is 40.2. The van der Waals surface area contributed by atoms with E-state index in [-0.39, 0.29) is 73.9 Å². The molecular weight excluding hydrogens is 1960 g/mol. The van der Waals surface area contributed by atoms with Crippen LogP contribution in [0.4, 0.5) is 0 Å². The molecule has 2 aliphatic heterocycles. The Balaban J connectivity index is 0.000000568. The summed E-state index contributed by atoms with van der Waals surface area (Å²) in [6.07, 6.45) is 13.1. The van der Waals surface area contributed by atoms with Gasteiger partial charge in [-0.25, -0.2) is 0 Å². The maximum atomic E-state index is 10.4. The van der Waals surface area contributed by atoms with Gasteiger partial charge in [-0.2, -0.15) is 6.42 Å².